The number of methoxy groups -OCH3 is 1. The summed E-state index contributed by atoms with van der Waals surface area (Å²) in [7, 11) is 1.57. The first-order chi connectivity index (χ1) is 16.0. The standard InChI is InChI=1S/C25H20ClFN2O3S/c1-31-23-12-18(7-10-22(23)32-14-17-3-2-4-19(26)11-17)25-29-21(15-33-25)24(30)28-13-16-5-8-20(27)9-6-16/h2-12,15H,13-14H2,1H3,(H,28,30). The topological polar surface area (TPSA) is 60.5 Å². The van der Waals surface area contributed by atoms with Crippen molar-refractivity contribution < 1.29 is 18.7 Å². The molecule has 33 heavy (non-hydrogen) atoms. The molecule has 0 spiro atoms. The molecule has 0 saturated carbocycles. The lowest BCUT2D eigenvalue weighted by Gasteiger charge is -2.12. The van der Waals surface area contributed by atoms with Crippen LogP contribution in [0, 0.1) is 5.82 Å². The first-order valence-electron chi connectivity index (χ1n) is 10.1. The monoisotopic (exact) mass is 482 g/mol. The lowest BCUT2D eigenvalue weighted by molar-refractivity contribution is 0.0946. The van der Waals surface area contributed by atoms with Crippen LogP contribution in [0.2, 0.25) is 5.02 Å². The SMILES string of the molecule is COc1cc(-c2nc(C(=O)NCc3ccc(F)cc3)cs2)ccc1OCc1cccc(Cl)c1. The number of ether oxygens (including phenoxy) is 2. The normalized spacial score (nSPS) is 10.6. The number of carbonyl (C=O) groups excluding carboxylic acids is 1. The molecule has 0 saturated heterocycles. The minimum Gasteiger partial charge on any atom is -0.493 e. The fourth-order valence-electron chi connectivity index (χ4n) is 3.09. The van der Waals surface area contributed by atoms with Gasteiger partial charge in [-0.3, -0.25) is 4.79 Å². The minimum absolute atomic E-state index is 0.290. The summed E-state index contributed by atoms with van der Waals surface area (Å²) in [5.41, 5.74) is 2.88. The summed E-state index contributed by atoms with van der Waals surface area (Å²) in [6.07, 6.45) is 0. The average Bonchev–Trinajstić information content (AvgIpc) is 3.33. The van der Waals surface area contributed by atoms with Crippen molar-refractivity contribution in [1.82, 2.24) is 10.3 Å². The van der Waals surface area contributed by atoms with Crippen LogP contribution in [-0.2, 0) is 13.2 Å². The molecule has 0 bridgehead atoms. The Morgan fingerprint density at radius 1 is 1.06 bits per heavy atom. The summed E-state index contributed by atoms with van der Waals surface area (Å²) in [6, 6.07) is 19.0. The van der Waals surface area contributed by atoms with E-state index < -0.39 is 0 Å². The van der Waals surface area contributed by atoms with Gasteiger partial charge in [0, 0.05) is 22.5 Å². The molecule has 3 aromatic carbocycles. The van der Waals surface area contributed by atoms with Gasteiger partial charge in [0.25, 0.3) is 5.91 Å². The third-order valence-corrected chi connectivity index (χ3v) is 5.92. The van der Waals surface area contributed by atoms with Crippen LogP contribution in [0.25, 0.3) is 10.6 Å². The summed E-state index contributed by atoms with van der Waals surface area (Å²) < 4.78 is 24.4. The molecule has 8 heteroatoms. The molecule has 0 atom stereocenters. The summed E-state index contributed by atoms with van der Waals surface area (Å²) in [4.78, 5) is 16.9. The molecule has 1 aromatic heterocycles. The van der Waals surface area contributed by atoms with Crippen molar-refractivity contribution in [3.05, 3.63) is 99.8 Å². The Hall–Kier alpha value is -3.42. The number of benzene rings is 3. The molecule has 0 fully saturated rings. The summed E-state index contributed by atoms with van der Waals surface area (Å²) >= 11 is 7.39. The third kappa shape index (κ3) is 5.88. The summed E-state index contributed by atoms with van der Waals surface area (Å²) in [6.45, 7) is 0.643. The van der Waals surface area contributed by atoms with Crippen molar-refractivity contribution in [1.29, 1.82) is 0 Å². The van der Waals surface area contributed by atoms with Crippen LogP contribution in [-0.4, -0.2) is 18.0 Å². The molecule has 0 aliphatic heterocycles. The molecule has 1 heterocycles. The van der Waals surface area contributed by atoms with Crippen LogP contribution in [0.4, 0.5) is 4.39 Å². The van der Waals surface area contributed by atoms with Gasteiger partial charge in [0.1, 0.15) is 23.1 Å². The Labute approximate surface area is 199 Å². The number of rotatable bonds is 8. The van der Waals surface area contributed by atoms with Gasteiger partial charge in [-0.05, 0) is 53.6 Å². The quantitative estimate of drug-likeness (QED) is 0.328. The average molecular weight is 483 g/mol. The molecule has 1 N–H and O–H groups in total. The fourth-order valence-corrected chi connectivity index (χ4v) is 4.10. The van der Waals surface area contributed by atoms with Crippen LogP contribution >= 0.6 is 22.9 Å². The number of halogens is 2. The molecule has 168 valence electrons. The van der Waals surface area contributed by atoms with E-state index in [0.29, 0.717) is 40.4 Å². The van der Waals surface area contributed by atoms with Gasteiger partial charge in [-0.15, -0.1) is 11.3 Å². The van der Waals surface area contributed by atoms with Gasteiger partial charge in [0.2, 0.25) is 0 Å². The van der Waals surface area contributed by atoms with Crippen LogP contribution in [0.1, 0.15) is 21.6 Å². The largest absolute Gasteiger partial charge is 0.493 e. The van der Waals surface area contributed by atoms with Crippen molar-refractivity contribution in [2.24, 2.45) is 0 Å². The van der Waals surface area contributed by atoms with Crippen molar-refractivity contribution in [2.45, 2.75) is 13.2 Å². The first kappa shape index (κ1) is 22.8. The molecular formula is C25H20ClFN2O3S. The Morgan fingerprint density at radius 2 is 1.88 bits per heavy atom. The number of hydrogen-bond acceptors (Lipinski definition) is 5. The molecular weight excluding hydrogens is 463 g/mol. The highest BCUT2D eigenvalue weighted by atomic mass is 35.5. The van der Waals surface area contributed by atoms with E-state index in [9.17, 15) is 9.18 Å². The van der Waals surface area contributed by atoms with E-state index in [1.54, 1.807) is 24.6 Å². The number of amides is 1. The minimum atomic E-state index is -0.314. The van der Waals surface area contributed by atoms with Gasteiger partial charge in [-0.2, -0.15) is 0 Å². The number of aromatic nitrogens is 1. The van der Waals surface area contributed by atoms with E-state index in [-0.39, 0.29) is 11.7 Å². The Bertz CT molecular complexity index is 1260. The Balaban J connectivity index is 1.42. The maximum Gasteiger partial charge on any atom is 0.271 e. The zero-order valence-corrected chi connectivity index (χ0v) is 19.3. The summed E-state index contributed by atoms with van der Waals surface area (Å²) in [5.74, 6) is 0.544. The number of nitrogens with zero attached hydrogens (tertiary/aromatic N) is 1. The lowest BCUT2D eigenvalue weighted by atomic mass is 10.2. The summed E-state index contributed by atoms with van der Waals surface area (Å²) in [5, 5.41) is 5.83. The highest BCUT2D eigenvalue weighted by molar-refractivity contribution is 7.13. The second kappa shape index (κ2) is 10.5. The highest BCUT2D eigenvalue weighted by Gasteiger charge is 2.14. The lowest BCUT2D eigenvalue weighted by Crippen LogP contribution is -2.23. The van der Waals surface area contributed by atoms with E-state index in [1.165, 1.54) is 23.5 Å². The predicted molar refractivity (Wildman–Crippen MR) is 127 cm³/mol. The van der Waals surface area contributed by atoms with Crippen LogP contribution in [0.3, 0.4) is 0 Å². The molecule has 0 radical (unpaired) electrons. The van der Waals surface area contributed by atoms with Gasteiger partial charge in [0.15, 0.2) is 11.5 Å². The fraction of sp³-hybridized carbons (Fsp3) is 0.120. The van der Waals surface area contributed by atoms with Gasteiger partial charge in [-0.1, -0.05) is 35.9 Å². The second-order valence-electron chi connectivity index (χ2n) is 7.13. The predicted octanol–water partition coefficient (Wildman–Crippen LogP) is 6.12. The van der Waals surface area contributed by atoms with E-state index in [1.807, 2.05) is 42.5 Å². The van der Waals surface area contributed by atoms with Crippen LogP contribution < -0.4 is 14.8 Å². The molecule has 4 rings (SSSR count). The zero-order valence-electron chi connectivity index (χ0n) is 17.7. The van der Waals surface area contributed by atoms with Gasteiger partial charge in [-0.25, -0.2) is 9.37 Å². The molecule has 4 aromatic rings. The molecule has 1 amide bonds. The van der Waals surface area contributed by atoms with Crippen molar-refractivity contribution in [3.63, 3.8) is 0 Å². The van der Waals surface area contributed by atoms with Crippen molar-refractivity contribution in [2.75, 3.05) is 7.11 Å². The highest BCUT2D eigenvalue weighted by Crippen LogP contribution is 2.34. The number of hydrogen-bond donors (Lipinski definition) is 1. The van der Waals surface area contributed by atoms with Crippen LogP contribution in [0.15, 0.2) is 72.1 Å². The first-order valence-corrected chi connectivity index (χ1v) is 11.3. The molecule has 0 aliphatic carbocycles. The second-order valence-corrected chi connectivity index (χ2v) is 8.43. The van der Waals surface area contributed by atoms with Gasteiger partial charge >= 0.3 is 0 Å². The van der Waals surface area contributed by atoms with E-state index in [2.05, 4.69) is 10.3 Å². The zero-order chi connectivity index (χ0) is 23.2. The number of carbonyl (C=O) groups is 1. The molecule has 5 nitrogen and oxygen atoms in total. The molecule has 0 unspecified atom stereocenters. The van der Waals surface area contributed by atoms with Crippen molar-refractivity contribution >= 4 is 28.8 Å². The van der Waals surface area contributed by atoms with E-state index in [4.69, 9.17) is 21.1 Å². The maximum atomic E-state index is 13.0. The van der Waals surface area contributed by atoms with E-state index in [0.717, 1.165) is 16.7 Å². The van der Waals surface area contributed by atoms with Gasteiger partial charge < -0.3 is 14.8 Å². The maximum absolute atomic E-state index is 13.0. The van der Waals surface area contributed by atoms with Gasteiger partial charge in [0.05, 0.1) is 7.11 Å². The third-order valence-electron chi connectivity index (χ3n) is 4.80. The number of nitrogens with one attached hydrogen (secondary N) is 1. The van der Waals surface area contributed by atoms with Crippen LogP contribution in [0.5, 0.6) is 11.5 Å². The van der Waals surface area contributed by atoms with E-state index >= 15 is 0 Å². The van der Waals surface area contributed by atoms with Crippen molar-refractivity contribution in [3.8, 4) is 22.1 Å². The Kier molecular flexibility index (Phi) is 7.22. The molecule has 0 aliphatic rings. The Morgan fingerprint density at radius 3 is 2.64 bits per heavy atom. The number of thiazole rings is 1. The smallest absolute Gasteiger partial charge is 0.271 e.